The fraction of sp³-hybridized carbons (Fsp3) is 0.900. The lowest BCUT2D eigenvalue weighted by Crippen LogP contribution is -2.72. The van der Waals surface area contributed by atoms with Crippen LogP contribution >= 0.6 is 0 Å². The first kappa shape index (κ1) is 29.3. The molecule has 0 aromatic heterocycles. The Morgan fingerprint density at radius 3 is 1.29 bits per heavy atom. The van der Waals surface area contributed by atoms with E-state index in [0.29, 0.717) is 0 Å². The van der Waals surface area contributed by atoms with E-state index < -0.39 is 70.2 Å². The van der Waals surface area contributed by atoms with Gasteiger partial charge in [-0.1, -0.05) is 0 Å². The van der Waals surface area contributed by atoms with E-state index in [1.165, 1.54) is 0 Å². The highest BCUT2D eigenvalue weighted by atomic mass is 32.2. The van der Waals surface area contributed by atoms with Crippen molar-refractivity contribution in [2.45, 2.75) is 48.3 Å². The van der Waals surface area contributed by atoms with Crippen LogP contribution in [0, 0.1) is 0 Å². The van der Waals surface area contributed by atoms with Crippen LogP contribution in [-0.2, 0) is 19.6 Å². The molecule has 31 heavy (non-hydrogen) atoms. The minimum atomic E-state index is -8.55. The van der Waals surface area contributed by atoms with Crippen LogP contribution in [0.1, 0.15) is 6.42 Å². The summed E-state index contributed by atoms with van der Waals surface area (Å²) in [5.74, 6) is -46.5. The molecule has 0 aromatic carbocycles. The van der Waals surface area contributed by atoms with Crippen molar-refractivity contribution in [3.63, 3.8) is 0 Å². The molecule has 0 unspecified atom stereocenters. The van der Waals surface area contributed by atoms with Gasteiger partial charge in [-0.3, -0.25) is 9.35 Å². The van der Waals surface area contributed by atoms with E-state index in [2.05, 4.69) is 4.74 Å². The molecule has 0 amide bonds. The van der Waals surface area contributed by atoms with Gasteiger partial charge in [0.1, 0.15) is 0 Å². The van der Waals surface area contributed by atoms with Crippen molar-refractivity contribution >= 4 is 16.1 Å². The molecule has 0 rings (SSSR count). The Labute approximate surface area is 159 Å². The summed E-state index contributed by atoms with van der Waals surface area (Å²) in [6, 6.07) is 0. The lowest BCUT2D eigenvalue weighted by atomic mass is 9.93. The average molecular weight is 522 g/mol. The Hall–Kier alpha value is -1.67. The SMILES string of the molecule is O=C(CCS(=O)(=O)O)OC(F)(F)C(F)(F)C(F)(F)C(F)(F)C(F)(F)C(F)(F)C(F)(F)F. The van der Waals surface area contributed by atoms with Crippen molar-refractivity contribution < 1.29 is 88.4 Å². The van der Waals surface area contributed by atoms with Gasteiger partial charge in [0.2, 0.25) is 0 Å². The summed E-state index contributed by atoms with van der Waals surface area (Å²) >= 11 is 0. The maximum absolute atomic E-state index is 13.2. The van der Waals surface area contributed by atoms with Gasteiger partial charge in [0.25, 0.3) is 10.1 Å². The van der Waals surface area contributed by atoms with E-state index >= 15 is 0 Å². The van der Waals surface area contributed by atoms with Crippen LogP contribution in [0.4, 0.5) is 65.9 Å². The maximum atomic E-state index is 13.2. The first-order valence-corrected chi connectivity index (χ1v) is 8.21. The molecular weight excluding hydrogens is 517 g/mol. The first-order chi connectivity index (χ1) is 13.1. The molecule has 0 saturated carbocycles. The highest BCUT2D eigenvalue weighted by molar-refractivity contribution is 7.85. The van der Waals surface area contributed by atoms with Crippen molar-refractivity contribution in [2.75, 3.05) is 5.75 Å². The average Bonchev–Trinajstić information content (AvgIpc) is 2.49. The van der Waals surface area contributed by atoms with E-state index in [0.717, 1.165) is 0 Å². The molecule has 5 nitrogen and oxygen atoms in total. The molecule has 0 radical (unpaired) electrons. The van der Waals surface area contributed by atoms with Crippen LogP contribution < -0.4 is 0 Å². The molecule has 21 heteroatoms. The number of alkyl halides is 15. The quantitative estimate of drug-likeness (QED) is 0.280. The zero-order chi connectivity index (χ0) is 25.7. The monoisotopic (exact) mass is 522 g/mol. The summed E-state index contributed by atoms with van der Waals surface area (Å²) in [5, 5.41) is 0. The molecule has 1 N–H and O–H groups in total. The standard InChI is InChI=1S/C10H5F15O5S/c11-4(12,5(13,14)7(17,18)9(21,22)23)6(15,16)8(19,20)10(24,25)30-3(26)1-2-31(27,28)29/h1-2H2,(H,27,28,29). The number of ether oxygens (including phenoxy) is 1. The number of hydrogen-bond donors (Lipinski definition) is 1. The van der Waals surface area contributed by atoms with Crippen LogP contribution in [0.5, 0.6) is 0 Å². The summed E-state index contributed by atoms with van der Waals surface area (Å²) in [6.45, 7) is 0. The van der Waals surface area contributed by atoms with Gasteiger partial charge in [-0.05, 0) is 0 Å². The Balaban J connectivity index is 6.23. The van der Waals surface area contributed by atoms with Crippen LogP contribution in [0.3, 0.4) is 0 Å². The van der Waals surface area contributed by atoms with Crippen LogP contribution in [0.25, 0.3) is 0 Å². The summed E-state index contributed by atoms with van der Waals surface area (Å²) in [5.41, 5.74) is 0. The van der Waals surface area contributed by atoms with E-state index in [4.69, 9.17) is 4.55 Å². The molecule has 0 spiro atoms. The van der Waals surface area contributed by atoms with Crippen molar-refractivity contribution in [3.8, 4) is 0 Å². The van der Waals surface area contributed by atoms with Crippen molar-refractivity contribution in [1.29, 1.82) is 0 Å². The second-order valence-electron chi connectivity index (χ2n) is 5.40. The van der Waals surface area contributed by atoms with Gasteiger partial charge in [0.05, 0.1) is 12.2 Å². The van der Waals surface area contributed by atoms with Crippen molar-refractivity contribution in [1.82, 2.24) is 0 Å². The summed E-state index contributed by atoms with van der Waals surface area (Å²) in [6.07, 6.45) is -17.1. The zero-order valence-corrected chi connectivity index (χ0v) is 14.4. The largest absolute Gasteiger partial charge is 0.473 e. The molecule has 0 saturated heterocycles. The van der Waals surface area contributed by atoms with Crippen molar-refractivity contribution in [2.24, 2.45) is 0 Å². The van der Waals surface area contributed by atoms with Crippen LogP contribution in [0.15, 0.2) is 0 Å². The Kier molecular flexibility index (Phi) is 7.31. The molecular formula is C10H5F15O5S. The number of esters is 1. The van der Waals surface area contributed by atoms with Crippen LogP contribution in [0.2, 0.25) is 0 Å². The molecule has 0 bridgehead atoms. The Morgan fingerprint density at radius 2 is 0.968 bits per heavy atom. The second-order valence-corrected chi connectivity index (χ2v) is 6.97. The topological polar surface area (TPSA) is 80.7 Å². The van der Waals surface area contributed by atoms with Gasteiger partial charge in [-0.15, -0.1) is 0 Å². The molecule has 0 aliphatic carbocycles. The second kappa shape index (κ2) is 7.73. The van der Waals surface area contributed by atoms with Gasteiger partial charge >= 0.3 is 47.9 Å². The zero-order valence-electron chi connectivity index (χ0n) is 13.6. The molecule has 0 aromatic rings. The normalized spacial score (nSPS) is 15.7. The molecule has 0 fully saturated rings. The number of hydrogen-bond acceptors (Lipinski definition) is 4. The minimum absolute atomic E-state index is 1.89. The number of rotatable bonds is 9. The fourth-order valence-corrected chi connectivity index (χ4v) is 1.85. The number of carbonyl (C=O) groups excluding carboxylic acids is 1. The first-order valence-electron chi connectivity index (χ1n) is 6.61. The Morgan fingerprint density at radius 1 is 0.645 bits per heavy atom. The summed E-state index contributed by atoms with van der Waals surface area (Å²) in [7, 11) is -5.20. The number of carbonyl (C=O) groups is 1. The number of halogens is 15. The Bertz CT molecular complexity index is 784. The van der Waals surface area contributed by atoms with Crippen LogP contribution in [-0.4, -0.2) is 66.6 Å². The minimum Gasteiger partial charge on any atom is -0.396 e. The van der Waals surface area contributed by atoms with E-state index in [9.17, 15) is 79.1 Å². The van der Waals surface area contributed by atoms with E-state index in [-0.39, 0.29) is 0 Å². The summed E-state index contributed by atoms with van der Waals surface area (Å²) < 4.78 is 223. The van der Waals surface area contributed by atoms with E-state index in [1.807, 2.05) is 0 Å². The van der Waals surface area contributed by atoms with Gasteiger partial charge in [-0.2, -0.15) is 74.3 Å². The highest BCUT2D eigenvalue weighted by Gasteiger charge is 2.94. The molecule has 186 valence electrons. The molecule has 0 atom stereocenters. The lowest BCUT2D eigenvalue weighted by molar-refractivity contribution is -0.468. The third-order valence-corrected chi connectivity index (χ3v) is 3.83. The fourth-order valence-electron chi connectivity index (χ4n) is 1.42. The molecule has 0 aliphatic heterocycles. The van der Waals surface area contributed by atoms with Gasteiger partial charge < -0.3 is 4.74 Å². The highest BCUT2D eigenvalue weighted by Crippen LogP contribution is 2.62. The predicted molar refractivity (Wildman–Crippen MR) is 62.9 cm³/mol. The maximum Gasteiger partial charge on any atom is 0.473 e. The third kappa shape index (κ3) is 4.90. The summed E-state index contributed by atoms with van der Waals surface area (Å²) in [4.78, 5) is 10.8. The van der Waals surface area contributed by atoms with E-state index in [1.54, 1.807) is 0 Å². The van der Waals surface area contributed by atoms with Gasteiger partial charge in [0, 0.05) is 0 Å². The van der Waals surface area contributed by atoms with Gasteiger partial charge in [-0.25, -0.2) is 0 Å². The van der Waals surface area contributed by atoms with Gasteiger partial charge in [0.15, 0.2) is 0 Å². The third-order valence-electron chi connectivity index (χ3n) is 3.11. The molecule has 0 aliphatic rings. The van der Waals surface area contributed by atoms with Crippen molar-refractivity contribution in [3.05, 3.63) is 0 Å². The smallest absolute Gasteiger partial charge is 0.396 e. The predicted octanol–water partition coefficient (Wildman–Crippen LogP) is 4.14. The lowest BCUT2D eigenvalue weighted by Gasteiger charge is -2.40. The molecule has 0 heterocycles.